The fourth-order valence-electron chi connectivity index (χ4n) is 2.78. The van der Waals surface area contributed by atoms with Crippen molar-refractivity contribution >= 4 is 17.4 Å². The summed E-state index contributed by atoms with van der Waals surface area (Å²) in [5, 5.41) is 0.749. The molecule has 1 aliphatic rings. The van der Waals surface area contributed by atoms with E-state index >= 15 is 0 Å². The predicted molar refractivity (Wildman–Crippen MR) is 88.6 cm³/mol. The molecule has 0 aliphatic heterocycles. The molecule has 21 heavy (non-hydrogen) atoms. The third kappa shape index (κ3) is 2.80. The molecular weight excluding hydrogens is 282 g/mol. The summed E-state index contributed by atoms with van der Waals surface area (Å²) in [5.74, 6) is 3.09. The number of aromatic nitrogens is 2. The Kier molecular flexibility index (Phi) is 3.70. The van der Waals surface area contributed by atoms with Crippen LogP contribution in [-0.2, 0) is 6.54 Å². The Morgan fingerprint density at radius 3 is 2.67 bits per heavy atom. The van der Waals surface area contributed by atoms with Crippen LogP contribution in [0, 0.1) is 12.8 Å². The number of nitrogens with two attached hydrogens (primary N) is 1. The van der Waals surface area contributed by atoms with Gasteiger partial charge in [-0.05, 0) is 43.4 Å². The summed E-state index contributed by atoms with van der Waals surface area (Å²) in [5.41, 5.74) is 9.53. The fraction of sp³-hybridized carbons (Fsp3) is 0.471. The van der Waals surface area contributed by atoms with Crippen molar-refractivity contribution in [2.75, 3.05) is 5.73 Å². The summed E-state index contributed by atoms with van der Waals surface area (Å²) < 4.78 is 2.21. The highest BCUT2D eigenvalue weighted by Crippen LogP contribution is 2.43. The van der Waals surface area contributed by atoms with E-state index in [4.69, 9.17) is 22.3 Å². The third-order valence-corrected chi connectivity index (χ3v) is 4.21. The first-order valence-corrected chi connectivity index (χ1v) is 7.97. The first-order chi connectivity index (χ1) is 9.97. The van der Waals surface area contributed by atoms with Crippen molar-refractivity contribution in [2.45, 2.75) is 46.1 Å². The number of hydrogen-bond donors (Lipinski definition) is 1. The molecule has 0 saturated heterocycles. The minimum absolute atomic E-state index is 0.554. The van der Waals surface area contributed by atoms with Gasteiger partial charge in [-0.25, -0.2) is 4.98 Å². The fourth-order valence-corrected chi connectivity index (χ4v) is 3.01. The molecule has 2 N–H and O–H groups in total. The van der Waals surface area contributed by atoms with Crippen molar-refractivity contribution in [3.05, 3.63) is 34.6 Å². The number of hydrogen-bond acceptors (Lipinski definition) is 2. The number of aryl methyl sites for hydroxylation is 1. The van der Waals surface area contributed by atoms with E-state index in [1.807, 2.05) is 18.2 Å². The Bertz CT molecular complexity index is 669. The monoisotopic (exact) mass is 303 g/mol. The maximum Gasteiger partial charge on any atom is 0.131 e. The van der Waals surface area contributed by atoms with Gasteiger partial charge in [0.2, 0.25) is 0 Å². The Balaban J connectivity index is 2.10. The lowest BCUT2D eigenvalue weighted by Crippen LogP contribution is -2.11. The first-order valence-electron chi connectivity index (χ1n) is 7.59. The van der Waals surface area contributed by atoms with E-state index in [-0.39, 0.29) is 0 Å². The average Bonchev–Trinajstić information content (AvgIpc) is 3.18. The van der Waals surface area contributed by atoms with Crippen LogP contribution in [0.15, 0.2) is 18.2 Å². The summed E-state index contributed by atoms with van der Waals surface area (Å²) in [4.78, 5) is 4.88. The number of nitrogens with zero attached hydrogens (tertiary/aromatic N) is 2. The molecule has 2 aromatic rings. The molecule has 112 valence electrons. The highest BCUT2D eigenvalue weighted by atomic mass is 35.5. The van der Waals surface area contributed by atoms with E-state index in [0.29, 0.717) is 11.8 Å². The minimum atomic E-state index is 0.554. The second-order valence-electron chi connectivity index (χ2n) is 6.44. The molecule has 3 nitrogen and oxygen atoms in total. The Morgan fingerprint density at radius 2 is 2.10 bits per heavy atom. The van der Waals surface area contributed by atoms with E-state index in [1.54, 1.807) is 0 Å². The summed E-state index contributed by atoms with van der Waals surface area (Å²) >= 11 is 6.05. The SMILES string of the molecule is Cc1cc(Cl)ccc1-c1nc(C2CC2)n(CC(C)C)c1N. The van der Waals surface area contributed by atoms with Crippen molar-refractivity contribution in [1.29, 1.82) is 0 Å². The van der Waals surface area contributed by atoms with Crippen molar-refractivity contribution < 1.29 is 0 Å². The van der Waals surface area contributed by atoms with Gasteiger partial charge in [-0.3, -0.25) is 0 Å². The number of halogens is 1. The average molecular weight is 304 g/mol. The first kappa shape index (κ1) is 14.5. The Hall–Kier alpha value is -1.48. The zero-order valence-electron chi connectivity index (χ0n) is 12.9. The number of anilines is 1. The van der Waals surface area contributed by atoms with Crippen LogP contribution in [-0.4, -0.2) is 9.55 Å². The molecule has 1 fully saturated rings. The molecule has 1 heterocycles. The van der Waals surface area contributed by atoms with Crippen molar-refractivity contribution in [2.24, 2.45) is 5.92 Å². The Morgan fingerprint density at radius 1 is 1.38 bits per heavy atom. The standard InChI is InChI=1S/C17H22ClN3/c1-10(2)9-21-16(19)15(20-17(21)12-4-5-12)14-7-6-13(18)8-11(14)3/h6-8,10,12H,4-5,9,19H2,1-3H3. The largest absolute Gasteiger partial charge is 0.383 e. The number of rotatable bonds is 4. The summed E-state index contributed by atoms with van der Waals surface area (Å²) in [6, 6.07) is 5.89. The van der Waals surface area contributed by atoms with Crippen LogP contribution in [0.4, 0.5) is 5.82 Å². The van der Waals surface area contributed by atoms with Crippen LogP contribution < -0.4 is 5.73 Å². The van der Waals surface area contributed by atoms with Gasteiger partial charge in [0.05, 0.1) is 0 Å². The lowest BCUT2D eigenvalue weighted by Gasteiger charge is -2.12. The van der Waals surface area contributed by atoms with E-state index in [9.17, 15) is 0 Å². The minimum Gasteiger partial charge on any atom is -0.383 e. The molecule has 0 bridgehead atoms. The molecule has 1 aliphatic carbocycles. The van der Waals surface area contributed by atoms with Crippen molar-refractivity contribution in [3.8, 4) is 11.3 Å². The predicted octanol–water partition coefficient (Wildman–Crippen LogP) is 4.63. The third-order valence-electron chi connectivity index (χ3n) is 3.97. The molecule has 0 unspecified atom stereocenters. The van der Waals surface area contributed by atoms with E-state index in [0.717, 1.165) is 40.0 Å². The van der Waals surface area contributed by atoms with Crippen LogP contribution in [0.5, 0.6) is 0 Å². The molecule has 3 rings (SSSR count). The van der Waals surface area contributed by atoms with Gasteiger partial charge in [-0.1, -0.05) is 31.5 Å². The maximum absolute atomic E-state index is 6.42. The van der Waals surface area contributed by atoms with Crippen molar-refractivity contribution in [1.82, 2.24) is 9.55 Å². The van der Waals surface area contributed by atoms with Gasteiger partial charge in [-0.15, -0.1) is 0 Å². The van der Waals surface area contributed by atoms with Gasteiger partial charge in [0.15, 0.2) is 0 Å². The van der Waals surface area contributed by atoms with Gasteiger partial charge >= 0.3 is 0 Å². The van der Waals surface area contributed by atoms with E-state index in [2.05, 4.69) is 25.3 Å². The highest BCUT2D eigenvalue weighted by Gasteiger charge is 2.31. The van der Waals surface area contributed by atoms with Gasteiger partial charge in [0.1, 0.15) is 17.3 Å². The second-order valence-corrected chi connectivity index (χ2v) is 6.88. The van der Waals surface area contributed by atoms with Crippen LogP contribution in [0.25, 0.3) is 11.3 Å². The highest BCUT2D eigenvalue weighted by molar-refractivity contribution is 6.30. The summed E-state index contributed by atoms with van der Waals surface area (Å²) in [6.07, 6.45) is 2.46. The molecule has 0 amide bonds. The van der Waals surface area contributed by atoms with Gasteiger partial charge in [0.25, 0.3) is 0 Å². The quantitative estimate of drug-likeness (QED) is 0.895. The molecule has 0 radical (unpaired) electrons. The molecule has 1 aromatic heterocycles. The lowest BCUT2D eigenvalue weighted by atomic mass is 10.1. The molecule has 1 aromatic carbocycles. The summed E-state index contributed by atoms with van der Waals surface area (Å²) in [7, 11) is 0. The normalized spacial score (nSPS) is 14.9. The lowest BCUT2D eigenvalue weighted by molar-refractivity contribution is 0.512. The molecule has 0 spiro atoms. The van der Waals surface area contributed by atoms with Crippen LogP contribution in [0.3, 0.4) is 0 Å². The molecule has 1 saturated carbocycles. The van der Waals surface area contributed by atoms with E-state index < -0.39 is 0 Å². The van der Waals surface area contributed by atoms with E-state index in [1.165, 1.54) is 12.8 Å². The van der Waals surface area contributed by atoms with Crippen LogP contribution in [0.1, 0.15) is 44.0 Å². The zero-order valence-corrected chi connectivity index (χ0v) is 13.6. The van der Waals surface area contributed by atoms with Gasteiger partial charge in [-0.2, -0.15) is 0 Å². The van der Waals surface area contributed by atoms with Crippen molar-refractivity contribution in [3.63, 3.8) is 0 Å². The van der Waals surface area contributed by atoms with Crippen LogP contribution >= 0.6 is 11.6 Å². The maximum atomic E-state index is 6.42. The van der Waals surface area contributed by atoms with Gasteiger partial charge < -0.3 is 10.3 Å². The number of benzene rings is 1. The molecule has 4 heteroatoms. The zero-order chi connectivity index (χ0) is 15.1. The van der Waals surface area contributed by atoms with Crippen LogP contribution in [0.2, 0.25) is 5.02 Å². The number of imidazole rings is 1. The topological polar surface area (TPSA) is 43.8 Å². The van der Waals surface area contributed by atoms with Gasteiger partial charge in [0, 0.05) is 23.0 Å². The molecular formula is C17H22ClN3. The number of nitrogen functional groups attached to an aromatic ring is 1. The second kappa shape index (κ2) is 5.38. The molecule has 0 atom stereocenters. The smallest absolute Gasteiger partial charge is 0.131 e. The Labute approximate surface area is 131 Å². The summed E-state index contributed by atoms with van der Waals surface area (Å²) in [6.45, 7) is 7.41.